The summed E-state index contributed by atoms with van der Waals surface area (Å²) in [6.45, 7) is 0. The highest BCUT2D eigenvalue weighted by Gasteiger charge is 2.53. The summed E-state index contributed by atoms with van der Waals surface area (Å²) in [5.74, 6) is 0.236. The molecule has 0 aliphatic heterocycles. The van der Waals surface area contributed by atoms with Crippen molar-refractivity contribution in [2.45, 2.75) is 70.6 Å². The van der Waals surface area contributed by atoms with E-state index in [2.05, 4.69) is 54.6 Å². The molecule has 2 aromatic carbocycles. The molecule has 1 N–H and O–H groups in total. The van der Waals surface area contributed by atoms with E-state index in [0.717, 1.165) is 19.3 Å². The third kappa shape index (κ3) is 4.48. The molecular formula is C28H36O2. The third-order valence-corrected chi connectivity index (χ3v) is 8.10. The van der Waals surface area contributed by atoms with Gasteiger partial charge < -0.3 is 5.11 Å². The van der Waals surface area contributed by atoms with Gasteiger partial charge in [0, 0.05) is 0 Å². The summed E-state index contributed by atoms with van der Waals surface area (Å²) in [4.78, 5) is 12.9. The van der Waals surface area contributed by atoms with Crippen molar-refractivity contribution in [3.05, 3.63) is 71.8 Å². The summed E-state index contributed by atoms with van der Waals surface area (Å²) in [7, 11) is 0. The minimum atomic E-state index is -0.569. The topological polar surface area (TPSA) is 37.3 Å². The first-order valence-corrected chi connectivity index (χ1v) is 12.0. The molecule has 160 valence electrons. The van der Waals surface area contributed by atoms with Crippen molar-refractivity contribution >= 4 is 5.97 Å². The Labute approximate surface area is 181 Å². The number of rotatable bonds is 9. The smallest absolute Gasteiger partial charge is 0.307 e. The van der Waals surface area contributed by atoms with Gasteiger partial charge in [0.1, 0.15) is 0 Å². The number of carboxylic acid groups (broad SMARTS) is 1. The monoisotopic (exact) mass is 404 g/mol. The molecule has 0 amide bonds. The highest BCUT2D eigenvalue weighted by molar-refractivity contribution is 5.71. The third-order valence-electron chi connectivity index (χ3n) is 8.10. The largest absolute Gasteiger partial charge is 0.481 e. The van der Waals surface area contributed by atoms with Crippen LogP contribution in [-0.4, -0.2) is 11.1 Å². The Morgan fingerprint density at radius 1 is 0.800 bits per heavy atom. The second-order valence-electron chi connectivity index (χ2n) is 9.65. The number of carbonyl (C=O) groups is 1. The molecule has 0 saturated heterocycles. The van der Waals surface area contributed by atoms with Crippen LogP contribution in [0.3, 0.4) is 0 Å². The second-order valence-corrected chi connectivity index (χ2v) is 9.65. The van der Waals surface area contributed by atoms with Crippen molar-refractivity contribution in [2.75, 3.05) is 0 Å². The minimum absolute atomic E-state index is 0.116. The van der Waals surface area contributed by atoms with Crippen molar-refractivity contribution in [1.82, 2.24) is 0 Å². The molecule has 2 heteroatoms. The molecule has 0 heterocycles. The predicted molar refractivity (Wildman–Crippen MR) is 122 cm³/mol. The summed E-state index contributed by atoms with van der Waals surface area (Å²) >= 11 is 0. The van der Waals surface area contributed by atoms with Gasteiger partial charge in [-0.3, -0.25) is 4.79 Å². The molecule has 30 heavy (non-hydrogen) atoms. The fourth-order valence-corrected chi connectivity index (χ4v) is 6.77. The highest BCUT2D eigenvalue weighted by Crippen LogP contribution is 2.57. The SMILES string of the molecule is O=C(O)C(CCc1ccccc1)C(Cc1ccccc1)(C1CCCC1)C1CCCC1. The molecule has 2 nitrogen and oxygen atoms in total. The van der Waals surface area contributed by atoms with Crippen molar-refractivity contribution < 1.29 is 9.90 Å². The zero-order chi connectivity index (χ0) is 20.8. The first kappa shape index (κ1) is 21.2. The average Bonchev–Trinajstić information content (AvgIpc) is 3.49. The summed E-state index contributed by atoms with van der Waals surface area (Å²) in [6, 6.07) is 21.2. The summed E-state index contributed by atoms with van der Waals surface area (Å²) in [5.41, 5.74) is 2.46. The second kappa shape index (κ2) is 9.81. The van der Waals surface area contributed by atoms with Gasteiger partial charge >= 0.3 is 5.97 Å². The lowest BCUT2D eigenvalue weighted by Crippen LogP contribution is -2.48. The van der Waals surface area contributed by atoms with Crippen molar-refractivity contribution in [3.63, 3.8) is 0 Å². The van der Waals surface area contributed by atoms with Gasteiger partial charge in [-0.05, 0) is 73.3 Å². The van der Waals surface area contributed by atoms with E-state index in [1.807, 2.05) is 6.07 Å². The first-order valence-electron chi connectivity index (χ1n) is 12.0. The molecule has 0 aromatic heterocycles. The molecule has 2 saturated carbocycles. The highest BCUT2D eigenvalue weighted by atomic mass is 16.4. The Bertz CT molecular complexity index is 770. The Morgan fingerprint density at radius 2 is 1.27 bits per heavy atom. The van der Waals surface area contributed by atoms with Crippen LogP contribution in [0.15, 0.2) is 60.7 Å². The van der Waals surface area contributed by atoms with Crippen LogP contribution in [0.2, 0.25) is 0 Å². The predicted octanol–water partition coefficient (Wildman–Crippen LogP) is 6.93. The van der Waals surface area contributed by atoms with Crippen LogP contribution in [0.25, 0.3) is 0 Å². The fraction of sp³-hybridized carbons (Fsp3) is 0.536. The lowest BCUT2D eigenvalue weighted by Gasteiger charge is -2.49. The molecule has 1 atom stereocenters. The van der Waals surface area contributed by atoms with Crippen molar-refractivity contribution in [3.8, 4) is 0 Å². The van der Waals surface area contributed by atoms with Crippen LogP contribution < -0.4 is 0 Å². The van der Waals surface area contributed by atoms with Gasteiger partial charge in [0.05, 0.1) is 5.92 Å². The zero-order valence-electron chi connectivity index (χ0n) is 18.1. The van der Waals surface area contributed by atoms with E-state index in [1.54, 1.807) is 0 Å². The lowest BCUT2D eigenvalue weighted by atomic mass is 9.54. The lowest BCUT2D eigenvalue weighted by molar-refractivity contribution is -0.152. The Hall–Kier alpha value is -2.09. The number of aliphatic carboxylic acids is 1. The van der Waals surface area contributed by atoms with E-state index < -0.39 is 5.97 Å². The molecule has 1 unspecified atom stereocenters. The molecule has 0 radical (unpaired) electrons. The van der Waals surface area contributed by atoms with Crippen LogP contribution in [0.4, 0.5) is 0 Å². The van der Waals surface area contributed by atoms with E-state index in [1.165, 1.54) is 62.5 Å². The van der Waals surface area contributed by atoms with Gasteiger partial charge in [-0.2, -0.15) is 0 Å². The number of aryl methyl sites for hydroxylation is 1. The quantitative estimate of drug-likeness (QED) is 0.492. The number of carboxylic acids is 1. The fourth-order valence-electron chi connectivity index (χ4n) is 6.77. The van der Waals surface area contributed by atoms with Crippen LogP contribution in [0, 0.1) is 23.2 Å². The molecular weight excluding hydrogens is 368 g/mol. The Kier molecular flexibility index (Phi) is 6.92. The van der Waals surface area contributed by atoms with Crippen molar-refractivity contribution in [1.29, 1.82) is 0 Å². The van der Waals surface area contributed by atoms with E-state index in [4.69, 9.17) is 0 Å². The maximum atomic E-state index is 12.9. The normalized spacial score (nSPS) is 19.2. The Morgan fingerprint density at radius 3 is 1.73 bits per heavy atom. The molecule has 0 spiro atoms. The van der Waals surface area contributed by atoms with Crippen molar-refractivity contribution in [2.24, 2.45) is 23.2 Å². The van der Waals surface area contributed by atoms with Gasteiger partial charge in [0.25, 0.3) is 0 Å². The van der Waals surface area contributed by atoms with Gasteiger partial charge in [0.15, 0.2) is 0 Å². The molecule has 0 bridgehead atoms. The van der Waals surface area contributed by atoms with Crippen LogP contribution in [-0.2, 0) is 17.6 Å². The van der Waals surface area contributed by atoms with Gasteiger partial charge in [-0.15, -0.1) is 0 Å². The first-order chi connectivity index (χ1) is 14.7. The molecule has 2 aliphatic carbocycles. The van der Waals surface area contributed by atoms with Gasteiger partial charge in [-0.1, -0.05) is 86.3 Å². The average molecular weight is 405 g/mol. The molecule has 2 aromatic rings. The maximum Gasteiger partial charge on any atom is 0.307 e. The standard InChI is InChI=1S/C28H36O2/c29-27(30)26(20-19-22-11-3-1-4-12-22)28(24-15-7-8-16-24,25-17-9-10-18-25)21-23-13-5-2-6-14-23/h1-6,11-14,24-26H,7-10,15-21H2,(H,29,30). The van der Waals surface area contributed by atoms with E-state index >= 15 is 0 Å². The number of benzene rings is 2. The number of hydrogen-bond donors (Lipinski definition) is 1. The van der Waals surface area contributed by atoms with Crippen LogP contribution in [0.5, 0.6) is 0 Å². The van der Waals surface area contributed by atoms with Crippen LogP contribution >= 0.6 is 0 Å². The Balaban J connectivity index is 1.72. The number of hydrogen-bond acceptors (Lipinski definition) is 1. The summed E-state index contributed by atoms with van der Waals surface area (Å²) in [5, 5.41) is 10.6. The van der Waals surface area contributed by atoms with E-state index in [0.29, 0.717) is 11.8 Å². The molecule has 4 rings (SSSR count). The van der Waals surface area contributed by atoms with Gasteiger partial charge in [0.2, 0.25) is 0 Å². The van der Waals surface area contributed by atoms with Gasteiger partial charge in [-0.25, -0.2) is 0 Å². The summed E-state index contributed by atoms with van der Waals surface area (Å²) < 4.78 is 0. The van der Waals surface area contributed by atoms with Crippen LogP contribution in [0.1, 0.15) is 68.9 Å². The van der Waals surface area contributed by atoms with E-state index in [9.17, 15) is 9.90 Å². The zero-order valence-corrected chi connectivity index (χ0v) is 18.1. The minimum Gasteiger partial charge on any atom is -0.481 e. The molecule has 2 fully saturated rings. The maximum absolute atomic E-state index is 12.9. The summed E-state index contributed by atoms with van der Waals surface area (Å²) in [6.07, 6.45) is 12.4. The molecule has 2 aliphatic rings. The van der Waals surface area contributed by atoms with E-state index in [-0.39, 0.29) is 11.3 Å².